The summed E-state index contributed by atoms with van der Waals surface area (Å²) < 4.78 is 33.3. The summed E-state index contributed by atoms with van der Waals surface area (Å²) in [5.41, 5.74) is 0. The molecule has 0 amide bonds. The fourth-order valence-corrected chi connectivity index (χ4v) is 3.83. The Morgan fingerprint density at radius 1 is 1.29 bits per heavy atom. The predicted octanol–water partition coefficient (Wildman–Crippen LogP) is 0.685. The average molecular weight is 262 g/mol. The van der Waals surface area contributed by atoms with Gasteiger partial charge in [0.05, 0.1) is 13.2 Å². The molecule has 17 heavy (non-hydrogen) atoms. The molecule has 5 nitrogen and oxygen atoms in total. The van der Waals surface area contributed by atoms with Crippen LogP contribution in [-0.2, 0) is 14.9 Å². The standard InChI is InChI=1S/C11H22N2O3S/c1-2-5-13(10-11-3-4-11)17(14,15)12-6-8-16-9-7-12/h11H,2-10H2,1H3. The Morgan fingerprint density at radius 3 is 2.47 bits per heavy atom. The molecular formula is C11H22N2O3S. The van der Waals surface area contributed by atoms with Gasteiger partial charge in [-0.25, -0.2) is 0 Å². The Bertz CT molecular complexity index is 335. The van der Waals surface area contributed by atoms with Crippen LogP contribution in [0.4, 0.5) is 0 Å². The third-order valence-corrected chi connectivity index (χ3v) is 5.26. The first-order valence-electron chi connectivity index (χ1n) is 6.47. The topological polar surface area (TPSA) is 49.9 Å². The fraction of sp³-hybridized carbons (Fsp3) is 1.00. The summed E-state index contributed by atoms with van der Waals surface area (Å²) >= 11 is 0. The maximum atomic E-state index is 12.4. The quantitative estimate of drug-likeness (QED) is 0.707. The number of rotatable bonds is 6. The summed E-state index contributed by atoms with van der Waals surface area (Å²) in [5.74, 6) is 0.595. The summed E-state index contributed by atoms with van der Waals surface area (Å²) in [7, 11) is -3.25. The molecule has 0 N–H and O–H groups in total. The van der Waals surface area contributed by atoms with E-state index in [-0.39, 0.29) is 0 Å². The number of morpholine rings is 1. The van der Waals surface area contributed by atoms with E-state index in [0.717, 1.165) is 6.42 Å². The van der Waals surface area contributed by atoms with Crippen molar-refractivity contribution < 1.29 is 13.2 Å². The zero-order valence-electron chi connectivity index (χ0n) is 10.5. The molecule has 2 rings (SSSR count). The van der Waals surface area contributed by atoms with E-state index in [2.05, 4.69) is 0 Å². The molecule has 0 spiro atoms. The lowest BCUT2D eigenvalue weighted by atomic mass is 10.4. The molecule has 0 aromatic carbocycles. The molecule has 0 atom stereocenters. The number of nitrogens with zero attached hydrogens (tertiary/aromatic N) is 2. The van der Waals surface area contributed by atoms with E-state index >= 15 is 0 Å². The van der Waals surface area contributed by atoms with Gasteiger partial charge in [0, 0.05) is 26.2 Å². The van der Waals surface area contributed by atoms with E-state index < -0.39 is 10.2 Å². The van der Waals surface area contributed by atoms with Gasteiger partial charge in [-0.1, -0.05) is 6.92 Å². The van der Waals surface area contributed by atoms with Gasteiger partial charge in [-0.15, -0.1) is 0 Å². The van der Waals surface area contributed by atoms with Crippen LogP contribution in [0, 0.1) is 5.92 Å². The summed E-state index contributed by atoms with van der Waals surface area (Å²) in [6.45, 7) is 5.38. The molecular weight excluding hydrogens is 240 g/mol. The largest absolute Gasteiger partial charge is 0.379 e. The Kier molecular flexibility index (Phi) is 4.41. The fourth-order valence-electron chi connectivity index (χ4n) is 2.08. The molecule has 1 aliphatic heterocycles. The van der Waals surface area contributed by atoms with E-state index in [1.807, 2.05) is 6.92 Å². The second-order valence-corrected chi connectivity index (χ2v) is 6.75. The van der Waals surface area contributed by atoms with Crippen LogP contribution >= 0.6 is 0 Å². The minimum atomic E-state index is -3.25. The van der Waals surface area contributed by atoms with Gasteiger partial charge in [-0.05, 0) is 25.2 Å². The van der Waals surface area contributed by atoms with Crippen molar-refractivity contribution in [2.75, 3.05) is 39.4 Å². The Hall–Kier alpha value is -0.170. The van der Waals surface area contributed by atoms with E-state index in [9.17, 15) is 8.42 Å². The smallest absolute Gasteiger partial charge is 0.282 e. The molecule has 1 heterocycles. The van der Waals surface area contributed by atoms with Gasteiger partial charge in [0.2, 0.25) is 0 Å². The molecule has 0 bridgehead atoms. The van der Waals surface area contributed by atoms with Crippen molar-refractivity contribution in [3.05, 3.63) is 0 Å². The zero-order valence-corrected chi connectivity index (χ0v) is 11.3. The lowest BCUT2D eigenvalue weighted by Crippen LogP contribution is -2.49. The normalized spacial score (nSPS) is 23.2. The van der Waals surface area contributed by atoms with Crippen LogP contribution in [0.25, 0.3) is 0 Å². The van der Waals surface area contributed by atoms with Gasteiger partial charge in [-0.3, -0.25) is 0 Å². The lowest BCUT2D eigenvalue weighted by molar-refractivity contribution is 0.0700. The van der Waals surface area contributed by atoms with E-state index in [4.69, 9.17) is 4.74 Å². The first kappa shape index (κ1) is 13.3. The van der Waals surface area contributed by atoms with Crippen molar-refractivity contribution in [3.63, 3.8) is 0 Å². The monoisotopic (exact) mass is 262 g/mol. The van der Waals surface area contributed by atoms with Crippen LogP contribution < -0.4 is 0 Å². The Labute approximate surface area is 104 Å². The first-order valence-corrected chi connectivity index (χ1v) is 7.87. The van der Waals surface area contributed by atoms with E-state index in [1.165, 1.54) is 12.8 Å². The Morgan fingerprint density at radius 2 is 1.94 bits per heavy atom. The van der Waals surface area contributed by atoms with Crippen LogP contribution in [0.3, 0.4) is 0 Å². The van der Waals surface area contributed by atoms with Gasteiger partial charge in [0.25, 0.3) is 10.2 Å². The minimum absolute atomic E-state index is 0.493. The number of hydrogen-bond donors (Lipinski definition) is 0. The molecule has 1 saturated carbocycles. The highest BCUT2D eigenvalue weighted by Crippen LogP contribution is 2.31. The van der Waals surface area contributed by atoms with Crippen LogP contribution in [0.5, 0.6) is 0 Å². The molecule has 0 aromatic heterocycles. The minimum Gasteiger partial charge on any atom is -0.379 e. The maximum absolute atomic E-state index is 12.4. The van der Waals surface area contributed by atoms with Gasteiger partial charge < -0.3 is 4.74 Å². The summed E-state index contributed by atoms with van der Waals surface area (Å²) in [6.07, 6.45) is 3.23. The molecule has 0 radical (unpaired) electrons. The number of hydrogen-bond acceptors (Lipinski definition) is 3. The highest BCUT2D eigenvalue weighted by molar-refractivity contribution is 7.86. The second kappa shape index (κ2) is 5.65. The van der Waals surface area contributed by atoms with Crippen LogP contribution in [0.15, 0.2) is 0 Å². The summed E-state index contributed by atoms with van der Waals surface area (Å²) in [4.78, 5) is 0. The van der Waals surface area contributed by atoms with Crippen molar-refractivity contribution in [1.82, 2.24) is 8.61 Å². The van der Waals surface area contributed by atoms with Crippen molar-refractivity contribution in [3.8, 4) is 0 Å². The van der Waals surface area contributed by atoms with Crippen LogP contribution in [-0.4, -0.2) is 56.4 Å². The molecule has 2 fully saturated rings. The second-order valence-electron chi connectivity index (χ2n) is 4.82. The van der Waals surface area contributed by atoms with Gasteiger partial charge in [0.15, 0.2) is 0 Å². The Balaban J connectivity index is 2.02. The molecule has 1 aliphatic carbocycles. The molecule has 1 saturated heterocycles. The van der Waals surface area contributed by atoms with E-state index in [1.54, 1.807) is 8.61 Å². The summed E-state index contributed by atoms with van der Waals surface area (Å²) in [6, 6.07) is 0. The van der Waals surface area contributed by atoms with Crippen molar-refractivity contribution >= 4 is 10.2 Å². The molecule has 100 valence electrons. The third kappa shape index (κ3) is 3.40. The summed E-state index contributed by atoms with van der Waals surface area (Å²) in [5, 5.41) is 0. The van der Waals surface area contributed by atoms with Crippen LogP contribution in [0.2, 0.25) is 0 Å². The first-order chi connectivity index (χ1) is 8.14. The highest BCUT2D eigenvalue weighted by Gasteiger charge is 2.34. The lowest BCUT2D eigenvalue weighted by Gasteiger charge is -2.32. The molecule has 6 heteroatoms. The van der Waals surface area contributed by atoms with Gasteiger partial charge in [-0.2, -0.15) is 17.0 Å². The molecule has 0 unspecified atom stereocenters. The van der Waals surface area contributed by atoms with Gasteiger partial charge >= 0.3 is 0 Å². The highest BCUT2D eigenvalue weighted by atomic mass is 32.2. The maximum Gasteiger partial charge on any atom is 0.282 e. The average Bonchev–Trinajstić information content (AvgIpc) is 3.14. The molecule has 0 aromatic rings. The third-order valence-electron chi connectivity index (χ3n) is 3.25. The van der Waals surface area contributed by atoms with Crippen molar-refractivity contribution in [2.45, 2.75) is 26.2 Å². The van der Waals surface area contributed by atoms with Gasteiger partial charge in [0.1, 0.15) is 0 Å². The number of ether oxygens (including phenoxy) is 1. The van der Waals surface area contributed by atoms with Crippen molar-refractivity contribution in [1.29, 1.82) is 0 Å². The predicted molar refractivity (Wildman–Crippen MR) is 65.9 cm³/mol. The van der Waals surface area contributed by atoms with Crippen molar-refractivity contribution in [2.24, 2.45) is 5.92 Å². The SMILES string of the molecule is CCCN(CC1CC1)S(=O)(=O)N1CCOCC1. The molecule has 2 aliphatic rings. The zero-order chi connectivity index (χ0) is 12.3. The van der Waals surface area contributed by atoms with E-state index in [0.29, 0.717) is 45.3 Å². The van der Waals surface area contributed by atoms with Crippen LogP contribution in [0.1, 0.15) is 26.2 Å².